The summed E-state index contributed by atoms with van der Waals surface area (Å²) in [5.41, 5.74) is 0.962. The molecule has 4 atom stereocenters. The van der Waals surface area contributed by atoms with Crippen molar-refractivity contribution in [2.75, 3.05) is 39.5 Å². The van der Waals surface area contributed by atoms with Crippen molar-refractivity contribution in [3.05, 3.63) is 53.1 Å². The number of carboxylic acids is 1. The number of fused-ring (bicyclic) bond motifs is 2. The van der Waals surface area contributed by atoms with E-state index in [0.717, 1.165) is 16.7 Å². The Hall–Kier alpha value is -3.27. The molecule has 40 heavy (non-hydrogen) atoms. The molecule has 2 N–H and O–H groups in total. The first-order chi connectivity index (χ1) is 18.9. The van der Waals surface area contributed by atoms with Gasteiger partial charge in [-0.1, -0.05) is 44.5 Å². The van der Waals surface area contributed by atoms with Crippen molar-refractivity contribution in [3.8, 4) is 11.5 Å². The van der Waals surface area contributed by atoms with Crippen molar-refractivity contribution in [3.63, 3.8) is 0 Å². The van der Waals surface area contributed by atoms with Gasteiger partial charge in [-0.15, -0.1) is 0 Å². The minimum Gasteiger partial charge on any atom is -0.486 e. The van der Waals surface area contributed by atoms with E-state index in [1.165, 1.54) is 6.92 Å². The van der Waals surface area contributed by atoms with Crippen LogP contribution < -0.4 is 19.3 Å². The molecule has 0 radical (unpaired) electrons. The number of aliphatic carboxylic acids is 1. The molecule has 3 aliphatic rings. The van der Waals surface area contributed by atoms with Gasteiger partial charge in [0.05, 0.1) is 6.54 Å². The van der Waals surface area contributed by atoms with Crippen LogP contribution in [0.2, 0.25) is 0 Å². The Balaban J connectivity index is 1.82. The molecular weight excluding hydrogens is 512 g/mol. The Morgan fingerprint density at radius 1 is 1.12 bits per heavy atom. The van der Waals surface area contributed by atoms with E-state index in [0.29, 0.717) is 49.9 Å². The zero-order valence-electron chi connectivity index (χ0n) is 23.9. The van der Waals surface area contributed by atoms with Crippen LogP contribution in [0.1, 0.15) is 56.9 Å². The lowest BCUT2D eigenvalue weighted by Gasteiger charge is -2.51. The largest absolute Gasteiger partial charge is 0.486 e. The van der Waals surface area contributed by atoms with Gasteiger partial charge in [0.15, 0.2) is 29.3 Å². The number of nitrogens with one attached hydrogen (secondary N) is 1. The van der Waals surface area contributed by atoms with Crippen LogP contribution in [-0.2, 0) is 19.1 Å². The number of aryl methyl sites for hydroxylation is 1. The van der Waals surface area contributed by atoms with Crippen molar-refractivity contribution >= 4 is 23.3 Å². The van der Waals surface area contributed by atoms with E-state index in [4.69, 9.17) is 14.2 Å². The number of piperidine rings is 1. The summed E-state index contributed by atoms with van der Waals surface area (Å²) in [6.07, 6.45) is -0.322. The van der Waals surface area contributed by atoms with E-state index in [1.807, 2.05) is 64.1 Å². The lowest BCUT2D eigenvalue weighted by atomic mass is 9.70. The van der Waals surface area contributed by atoms with Crippen LogP contribution in [0.15, 0.2) is 36.4 Å². The van der Waals surface area contributed by atoms with Crippen molar-refractivity contribution < 1.29 is 33.7 Å². The van der Waals surface area contributed by atoms with Crippen molar-refractivity contribution in [1.29, 1.82) is 0 Å². The number of quaternary nitrogens is 1. The smallest absolute Gasteiger partial charge is 0.344 e. The highest BCUT2D eigenvalue weighted by Crippen LogP contribution is 2.50. The van der Waals surface area contributed by atoms with Gasteiger partial charge in [0.25, 0.3) is 0 Å². The van der Waals surface area contributed by atoms with Crippen LogP contribution in [0.5, 0.6) is 11.5 Å². The van der Waals surface area contributed by atoms with Gasteiger partial charge >= 0.3 is 11.9 Å². The molecule has 3 heterocycles. The Kier molecular flexibility index (Phi) is 7.27. The number of Topliss-reactive ketones (excluding diaryl/α,β-unsaturated/α-hetero) is 1. The molecule has 1 amide bonds. The topological polar surface area (TPSA) is 111 Å². The Morgan fingerprint density at radius 3 is 2.58 bits per heavy atom. The number of ketones is 1. The van der Waals surface area contributed by atoms with Gasteiger partial charge in [0.2, 0.25) is 0 Å². The summed E-state index contributed by atoms with van der Waals surface area (Å²) in [6.45, 7) is 10.8. The third-order valence-electron chi connectivity index (χ3n) is 8.43. The molecule has 0 aromatic heterocycles. The molecule has 214 valence electrons. The van der Waals surface area contributed by atoms with Gasteiger partial charge in [0, 0.05) is 42.1 Å². The predicted octanol–water partition coefficient (Wildman–Crippen LogP) is 3.79. The number of rotatable bonds is 5. The van der Waals surface area contributed by atoms with Gasteiger partial charge in [-0.3, -0.25) is 9.59 Å². The number of para-hydroxylation sites is 1. The average molecular weight is 552 g/mol. The number of ether oxygens (including phenoxy) is 3. The van der Waals surface area contributed by atoms with Gasteiger partial charge < -0.3 is 24.6 Å². The summed E-state index contributed by atoms with van der Waals surface area (Å²) in [6, 6.07) is 10.7. The van der Waals surface area contributed by atoms with Crippen LogP contribution in [0.3, 0.4) is 0 Å². The van der Waals surface area contributed by atoms with Crippen LogP contribution >= 0.6 is 0 Å². The molecule has 5 rings (SSSR count). The SMILES string of the molecule is CC(=O)[C@@]1(C(=O)O)CNCC[C@H]1[N+]1(CC(C)(C)C)C(=O)COC(c2cccc3c2OCCO3)c2cc(C)ccc21. The van der Waals surface area contributed by atoms with Crippen LogP contribution in [0, 0.1) is 17.8 Å². The first-order valence-corrected chi connectivity index (χ1v) is 13.9. The van der Waals surface area contributed by atoms with Crippen LogP contribution in [0.4, 0.5) is 5.69 Å². The number of nitrogens with zero attached hydrogens (tertiary/aromatic N) is 1. The number of hydrogen-bond donors (Lipinski definition) is 2. The van der Waals surface area contributed by atoms with E-state index >= 15 is 0 Å². The van der Waals surface area contributed by atoms with E-state index in [2.05, 4.69) is 5.32 Å². The van der Waals surface area contributed by atoms with Crippen molar-refractivity contribution in [2.45, 2.75) is 53.2 Å². The zero-order chi connectivity index (χ0) is 28.9. The number of carbonyl (C=O) groups excluding carboxylic acids is 2. The standard InChI is InChI=1S/C31H38N2O7/c1-19-9-10-23-22(15-19)27(21-7-6-8-24-28(21)39-14-13-38-24)40-16-26(35)33(23,18-30(3,4)5)25-11-12-32-17-31(25,20(2)34)29(36)37/h6-10,15,25,27,32H,11-14,16-18H2,1-5H3/p+1/t25-,27?,31+,33?/m1/s1. The summed E-state index contributed by atoms with van der Waals surface area (Å²) in [5, 5.41) is 13.8. The number of carbonyl (C=O) groups is 3. The molecule has 0 bridgehead atoms. The van der Waals surface area contributed by atoms with Crippen LogP contribution in [-0.4, -0.2) is 68.3 Å². The Labute approximate surface area is 235 Å². The molecule has 9 heteroatoms. The van der Waals surface area contributed by atoms with E-state index in [9.17, 15) is 19.5 Å². The lowest BCUT2D eigenvalue weighted by molar-refractivity contribution is -0.164. The lowest BCUT2D eigenvalue weighted by Crippen LogP contribution is -2.75. The zero-order valence-corrected chi connectivity index (χ0v) is 23.9. The molecule has 1 saturated heterocycles. The third kappa shape index (κ3) is 4.50. The minimum absolute atomic E-state index is 0.0391. The summed E-state index contributed by atoms with van der Waals surface area (Å²) in [4.78, 5) is 41.0. The van der Waals surface area contributed by atoms with Crippen molar-refractivity contribution in [2.24, 2.45) is 10.8 Å². The average Bonchev–Trinajstić information content (AvgIpc) is 3.01. The summed E-state index contributed by atoms with van der Waals surface area (Å²) >= 11 is 0. The van der Waals surface area contributed by atoms with E-state index in [1.54, 1.807) is 0 Å². The number of benzene rings is 2. The second-order valence-corrected chi connectivity index (χ2v) is 12.4. The maximum Gasteiger partial charge on any atom is 0.344 e. The van der Waals surface area contributed by atoms with Crippen LogP contribution in [0.25, 0.3) is 0 Å². The number of hydrogen-bond acceptors (Lipinski definition) is 7. The molecule has 0 aliphatic carbocycles. The maximum atomic E-state index is 14.6. The molecule has 3 aliphatic heterocycles. The molecule has 0 saturated carbocycles. The molecule has 1 fully saturated rings. The molecular formula is C31H39N2O7+. The number of amides is 1. The normalized spacial score (nSPS) is 28.4. The second kappa shape index (κ2) is 10.3. The fourth-order valence-electron chi connectivity index (χ4n) is 6.89. The summed E-state index contributed by atoms with van der Waals surface area (Å²) in [7, 11) is 0. The maximum absolute atomic E-state index is 14.6. The third-order valence-corrected chi connectivity index (χ3v) is 8.43. The quantitative estimate of drug-likeness (QED) is 0.427. The van der Waals surface area contributed by atoms with Gasteiger partial charge in [-0.25, -0.2) is 9.28 Å². The predicted molar refractivity (Wildman–Crippen MR) is 150 cm³/mol. The first kappa shape index (κ1) is 28.3. The van der Waals surface area contributed by atoms with E-state index < -0.39 is 34.7 Å². The molecule has 0 spiro atoms. The second-order valence-electron chi connectivity index (χ2n) is 12.4. The summed E-state index contributed by atoms with van der Waals surface area (Å²) < 4.78 is 18.0. The molecule has 9 nitrogen and oxygen atoms in total. The number of carboxylic acid groups (broad SMARTS) is 1. The molecule has 2 aromatic rings. The molecule has 2 aromatic carbocycles. The van der Waals surface area contributed by atoms with Gasteiger partial charge in [-0.2, -0.15) is 0 Å². The highest BCUT2D eigenvalue weighted by molar-refractivity contribution is 6.05. The first-order valence-electron chi connectivity index (χ1n) is 13.9. The van der Waals surface area contributed by atoms with Crippen molar-refractivity contribution in [1.82, 2.24) is 9.80 Å². The van der Waals surface area contributed by atoms with Gasteiger partial charge in [0.1, 0.15) is 31.0 Å². The molecule has 2 unspecified atom stereocenters. The fraction of sp³-hybridized carbons (Fsp3) is 0.516. The highest BCUT2D eigenvalue weighted by Gasteiger charge is 2.65. The van der Waals surface area contributed by atoms with Gasteiger partial charge in [-0.05, 0) is 26.0 Å². The monoisotopic (exact) mass is 551 g/mol. The van der Waals surface area contributed by atoms with E-state index in [-0.39, 0.29) is 23.5 Å². The highest BCUT2D eigenvalue weighted by atomic mass is 16.6. The summed E-state index contributed by atoms with van der Waals surface area (Å²) in [5.74, 6) is -0.737. The Bertz CT molecular complexity index is 1330. The minimum atomic E-state index is -1.79. The fourth-order valence-corrected chi connectivity index (χ4v) is 6.89. The Morgan fingerprint density at radius 2 is 1.88 bits per heavy atom.